The van der Waals surface area contributed by atoms with Gasteiger partial charge in [0.15, 0.2) is 6.10 Å². The fraction of sp³-hybridized carbons (Fsp3) is 0.333. The third kappa shape index (κ3) is 4.03. The molecule has 30 heavy (non-hydrogen) atoms. The summed E-state index contributed by atoms with van der Waals surface area (Å²) in [6, 6.07) is 12.2. The summed E-state index contributed by atoms with van der Waals surface area (Å²) in [7, 11) is 0. The van der Waals surface area contributed by atoms with Crippen molar-refractivity contribution < 1.29 is 23.9 Å². The second-order valence-corrected chi connectivity index (χ2v) is 7.82. The quantitative estimate of drug-likeness (QED) is 0.419. The van der Waals surface area contributed by atoms with Gasteiger partial charge in [0.05, 0.1) is 12.1 Å². The summed E-state index contributed by atoms with van der Waals surface area (Å²) in [5.41, 5.74) is 4.11. The molecule has 6 nitrogen and oxygen atoms in total. The van der Waals surface area contributed by atoms with Crippen molar-refractivity contribution in [2.45, 2.75) is 51.7 Å². The summed E-state index contributed by atoms with van der Waals surface area (Å²) in [6.45, 7) is 1.77. The first kappa shape index (κ1) is 20.0. The van der Waals surface area contributed by atoms with Gasteiger partial charge in [-0.15, -0.1) is 0 Å². The molecule has 2 aromatic rings. The highest BCUT2D eigenvalue weighted by atomic mass is 16.5. The summed E-state index contributed by atoms with van der Waals surface area (Å²) in [6.07, 6.45) is 2.74. The Morgan fingerprint density at radius 2 is 1.53 bits per heavy atom. The zero-order chi connectivity index (χ0) is 21.3. The van der Waals surface area contributed by atoms with Crippen LogP contribution in [0, 0.1) is 0 Å². The first-order chi connectivity index (χ1) is 14.4. The summed E-state index contributed by atoms with van der Waals surface area (Å²) in [4.78, 5) is 49.8. The molecule has 4 rings (SSSR count). The third-order valence-electron chi connectivity index (χ3n) is 5.72. The Balaban J connectivity index is 1.37. The van der Waals surface area contributed by atoms with Gasteiger partial charge < -0.3 is 4.74 Å². The molecule has 1 unspecified atom stereocenters. The summed E-state index contributed by atoms with van der Waals surface area (Å²) in [5, 5.41) is 0. The van der Waals surface area contributed by atoms with Gasteiger partial charge in [0.2, 0.25) is 17.6 Å². The number of rotatable bonds is 6. The lowest BCUT2D eigenvalue weighted by Gasteiger charge is -2.15. The second-order valence-electron chi connectivity index (χ2n) is 7.82. The number of hydrogen-bond donors (Lipinski definition) is 0. The van der Waals surface area contributed by atoms with Gasteiger partial charge in [0, 0.05) is 18.4 Å². The lowest BCUT2D eigenvalue weighted by molar-refractivity contribution is -0.139. The summed E-state index contributed by atoms with van der Waals surface area (Å²) < 4.78 is 5.37. The minimum atomic E-state index is -0.892. The van der Waals surface area contributed by atoms with E-state index in [9.17, 15) is 19.2 Å². The molecule has 2 aromatic carbocycles. The van der Waals surface area contributed by atoms with Gasteiger partial charge in [-0.25, -0.2) is 4.79 Å². The van der Waals surface area contributed by atoms with Crippen molar-refractivity contribution in [3.05, 3.63) is 70.3 Å². The number of aryl methyl sites for hydroxylation is 2. The Labute approximate surface area is 174 Å². The zero-order valence-corrected chi connectivity index (χ0v) is 16.8. The Kier molecular flexibility index (Phi) is 5.48. The van der Waals surface area contributed by atoms with Crippen molar-refractivity contribution in [3.8, 4) is 0 Å². The van der Waals surface area contributed by atoms with Gasteiger partial charge in [-0.05, 0) is 61.1 Å². The van der Waals surface area contributed by atoms with Crippen molar-refractivity contribution in [3.63, 3.8) is 0 Å². The molecule has 1 heterocycles. The lowest BCUT2D eigenvalue weighted by Crippen LogP contribution is -2.28. The number of fused-ring (bicyclic) bond motifs is 1. The van der Waals surface area contributed by atoms with Gasteiger partial charge in [-0.2, -0.15) is 0 Å². The predicted octanol–water partition coefficient (Wildman–Crippen LogP) is 3.25. The molecule has 0 spiro atoms. The number of hydrogen-bond acceptors (Lipinski definition) is 5. The topological polar surface area (TPSA) is 80.8 Å². The van der Waals surface area contributed by atoms with Gasteiger partial charge in [-0.1, -0.05) is 24.3 Å². The highest BCUT2D eigenvalue weighted by molar-refractivity contribution is 6.02. The van der Waals surface area contributed by atoms with Crippen LogP contribution in [-0.2, 0) is 33.7 Å². The number of ketones is 1. The van der Waals surface area contributed by atoms with E-state index in [0.717, 1.165) is 24.8 Å². The van der Waals surface area contributed by atoms with Crippen molar-refractivity contribution in [1.82, 2.24) is 4.90 Å². The van der Waals surface area contributed by atoms with Crippen LogP contribution in [0.4, 0.5) is 0 Å². The molecule has 154 valence electrons. The van der Waals surface area contributed by atoms with E-state index in [-0.39, 0.29) is 37.0 Å². The molecule has 1 atom stereocenters. The smallest absolute Gasteiger partial charge is 0.338 e. The van der Waals surface area contributed by atoms with Gasteiger partial charge in [0.1, 0.15) is 0 Å². The van der Waals surface area contributed by atoms with Crippen LogP contribution in [0.5, 0.6) is 0 Å². The van der Waals surface area contributed by atoms with Crippen molar-refractivity contribution in [2.24, 2.45) is 0 Å². The minimum Gasteiger partial charge on any atom is -0.451 e. The average Bonchev–Trinajstić information content (AvgIpc) is 3.34. The first-order valence-electron chi connectivity index (χ1n) is 10.2. The fourth-order valence-corrected chi connectivity index (χ4v) is 3.97. The van der Waals surface area contributed by atoms with E-state index in [1.54, 1.807) is 37.3 Å². The molecule has 1 fully saturated rings. The Bertz CT molecular complexity index is 1010. The fourth-order valence-electron chi connectivity index (χ4n) is 3.97. The number of nitrogens with zero attached hydrogens (tertiary/aromatic N) is 1. The van der Waals surface area contributed by atoms with Crippen molar-refractivity contribution in [2.75, 3.05) is 0 Å². The highest BCUT2D eigenvalue weighted by Gasteiger charge is 2.28. The molecule has 6 heteroatoms. The number of ether oxygens (including phenoxy) is 1. The van der Waals surface area contributed by atoms with Crippen LogP contribution in [0.15, 0.2) is 42.5 Å². The number of carbonyl (C=O) groups is 4. The monoisotopic (exact) mass is 405 g/mol. The third-order valence-corrected chi connectivity index (χ3v) is 5.72. The van der Waals surface area contributed by atoms with E-state index in [1.165, 1.54) is 16.0 Å². The molecule has 2 aliphatic rings. The normalized spacial score (nSPS) is 16.5. The van der Waals surface area contributed by atoms with Crippen LogP contribution in [-0.4, -0.2) is 34.6 Å². The maximum atomic E-state index is 12.7. The molecular weight excluding hydrogens is 382 g/mol. The molecule has 1 saturated heterocycles. The largest absolute Gasteiger partial charge is 0.451 e. The number of carbonyl (C=O) groups excluding carboxylic acids is 4. The van der Waals surface area contributed by atoms with E-state index in [2.05, 4.69) is 0 Å². The molecule has 1 aliphatic heterocycles. The maximum Gasteiger partial charge on any atom is 0.338 e. The van der Waals surface area contributed by atoms with E-state index in [1.807, 2.05) is 12.1 Å². The van der Waals surface area contributed by atoms with Crippen molar-refractivity contribution in [1.29, 1.82) is 0 Å². The molecule has 0 radical (unpaired) electrons. The van der Waals surface area contributed by atoms with Crippen LogP contribution in [0.2, 0.25) is 0 Å². The molecule has 0 aromatic heterocycles. The van der Waals surface area contributed by atoms with Gasteiger partial charge in [0.25, 0.3) is 0 Å². The van der Waals surface area contributed by atoms with Crippen LogP contribution in [0.3, 0.4) is 0 Å². The molecule has 0 bridgehead atoms. The summed E-state index contributed by atoms with van der Waals surface area (Å²) in [5.74, 6) is -1.16. The maximum absolute atomic E-state index is 12.7. The van der Waals surface area contributed by atoms with E-state index < -0.39 is 12.1 Å². The Morgan fingerprint density at radius 1 is 0.900 bits per heavy atom. The van der Waals surface area contributed by atoms with Crippen molar-refractivity contribution >= 4 is 23.6 Å². The van der Waals surface area contributed by atoms with E-state index in [4.69, 9.17) is 4.74 Å². The van der Waals surface area contributed by atoms with Gasteiger partial charge in [-0.3, -0.25) is 19.3 Å². The van der Waals surface area contributed by atoms with E-state index in [0.29, 0.717) is 11.1 Å². The first-order valence-corrected chi connectivity index (χ1v) is 10.2. The SMILES string of the molecule is CC(OC(=O)c1ccc(CN2C(=O)CCC2=O)cc1)C(=O)c1ccc2c(c1)CCC2. The number of likely N-dealkylation sites (tertiary alicyclic amines) is 1. The number of esters is 1. The molecular formula is C24H23NO5. The Hall–Kier alpha value is -3.28. The molecule has 2 amide bonds. The summed E-state index contributed by atoms with van der Waals surface area (Å²) >= 11 is 0. The second kappa shape index (κ2) is 8.22. The average molecular weight is 405 g/mol. The standard InChI is InChI=1S/C24H23NO5/c1-15(23(28)20-10-9-17-3-2-4-19(17)13-20)30-24(29)18-7-5-16(6-8-18)14-25-21(26)11-12-22(25)27/h5-10,13,15H,2-4,11-12,14H2,1H3. The zero-order valence-electron chi connectivity index (χ0n) is 16.8. The van der Waals surface area contributed by atoms with Crippen LogP contribution < -0.4 is 0 Å². The van der Waals surface area contributed by atoms with E-state index >= 15 is 0 Å². The molecule has 0 N–H and O–H groups in total. The molecule has 0 saturated carbocycles. The lowest BCUT2D eigenvalue weighted by atomic mass is 10.0. The predicted molar refractivity (Wildman–Crippen MR) is 109 cm³/mol. The highest BCUT2D eigenvalue weighted by Crippen LogP contribution is 2.24. The number of Topliss-reactive ketones (excluding diaryl/α,β-unsaturated/α-hetero) is 1. The van der Waals surface area contributed by atoms with Crippen LogP contribution in [0.1, 0.15) is 63.6 Å². The van der Waals surface area contributed by atoms with Crippen LogP contribution in [0.25, 0.3) is 0 Å². The molecule has 1 aliphatic carbocycles. The van der Waals surface area contributed by atoms with Crippen LogP contribution >= 0.6 is 0 Å². The number of amides is 2. The minimum absolute atomic E-state index is 0.178. The Morgan fingerprint density at radius 3 is 2.23 bits per heavy atom. The van der Waals surface area contributed by atoms with Gasteiger partial charge >= 0.3 is 5.97 Å². The number of imide groups is 1. The number of benzene rings is 2.